The lowest BCUT2D eigenvalue weighted by atomic mass is 10.0. The molecule has 4 nitrogen and oxygen atoms in total. The predicted molar refractivity (Wildman–Crippen MR) is 81.5 cm³/mol. The fourth-order valence-electron chi connectivity index (χ4n) is 2.22. The lowest BCUT2D eigenvalue weighted by Crippen LogP contribution is -2.28. The molecule has 1 unspecified atom stereocenters. The summed E-state index contributed by atoms with van der Waals surface area (Å²) < 4.78 is 27.5. The van der Waals surface area contributed by atoms with Crippen LogP contribution in [0.4, 0.5) is 0 Å². The number of aryl methyl sites for hydroxylation is 2. The van der Waals surface area contributed by atoms with Gasteiger partial charge >= 0.3 is 0 Å². The second-order valence-corrected chi connectivity index (χ2v) is 7.04. The van der Waals surface area contributed by atoms with Gasteiger partial charge in [-0.1, -0.05) is 13.0 Å². The Labute approximate surface area is 122 Å². The number of hydrogen-bond donors (Lipinski definition) is 2. The van der Waals surface area contributed by atoms with Crippen LogP contribution in [-0.4, -0.2) is 26.2 Å². The van der Waals surface area contributed by atoms with E-state index in [0.717, 1.165) is 22.3 Å². The van der Waals surface area contributed by atoms with E-state index in [4.69, 9.17) is 0 Å². The van der Waals surface area contributed by atoms with Crippen molar-refractivity contribution in [3.8, 4) is 0 Å². The molecule has 2 N–H and O–H groups in total. The lowest BCUT2D eigenvalue weighted by molar-refractivity contribution is 0.162. The van der Waals surface area contributed by atoms with Crippen molar-refractivity contribution in [2.24, 2.45) is 0 Å². The predicted octanol–water partition coefficient (Wildman–Crippen LogP) is 2.36. The standard InChI is InChI=1S/C15H25NO3S/c1-6-14(17)7-8-16-20(18,19)15-12(4)10(2)9-11(3)13(15)5/h9,14,16-17H,6-8H2,1-5H3. The van der Waals surface area contributed by atoms with Gasteiger partial charge in [0.05, 0.1) is 11.0 Å². The molecule has 1 atom stereocenters. The third kappa shape index (κ3) is 3.81. The highest BCUT2D eigenvalue weighted by Gasteiger charge is 2.21. The van der Waals surface area contributed by atoms with Gasteiger partial charge in [-0.2, -0.15) is 0 Å². The Bertz CT molecular complexity index is 553. The number of benzene rings is 1. The summed E-state index contributed by atoms with van der Waals surface area (Å²) in [5.74, 6) is 0. The van der Waals surface area contributed by atoms with Gasteiger partial charge in [-0.05, 0) is 62.8 Å². The summed E-state index contributed by atoms with van der Waals surface area (Å²) in [6.45, 7) is 9.62. The summed E-state index contributed by atoms with van der Waals surface area (Å²) >= 11 is 0. The second-order valence-electron chi connectivity index (χ2n) is 5.34. The van der Waals surface area contributed by atoms with Crippen LogP contribution in [0.5, 0.6) is 0 Å². The first-order chi connectivity index (χ1) is 9.20. The average Bonchev–Trinajstić information content (AvgIpc) is 2.36. The highest BCUT2D eigenvalue weighted by Crippen LogP contribution is 2.25. The van der Waals surface area contributed by atoms with Gasteiger partial charge < -0.3 is 5.11 Å². The van der Waals surface area contributed by atoms with Gasteiger partial charge in [0.2, 0.25) is 10.0 Å². The smallest absolute Gasteiger partial charge is 0.241 e. The normalized spacial score (nSPS) is 13.5. The molecule has 1 rings (SSSR count). The van der Waals surface area contributed by atoms with Crippen LogP contribution < -0.4 is 4.72 Å². The van der Waals surface area contributed by atoms with Gasteiger partial charge in [-0.25, -0.2) is 13.1 Å². The van der Waals surface area contributed by atoms with Crippen LogP contribution in [0.2, 0.25) is 0 Å². The first-order valence-electron chi connectivity index (χ1n) is 6.95. The Morgan fingerprint density at radius 3 is 2.10 bits per heavy atom. The molecule has 0 spiro atoms. The van der Waals surface area contributed by atoms with Crippen LogP contribution in [0, 0.1) is 27.7 Å². The summed E-state index contributed by atoms with van der Waals surface area (Å²) in [4.78, 5) is 0.376. The molecule has 0 saturated heterocycles. The van der Waals surface area contributed by atoms with Gasteiger partial charge in [-0.3, -0.25) is 0 Å². The van der Waals surface area contributed by atoms with Crippen molar-refractivity contribution in [2.45, 2.75) is 58.5 Å². The monoisotopic (exact) mass is 299 g/mol. The van der Waals surface area contributed by atoms with E-state index in [1.54, 1.807) is 0 Å². The number of hydrogen-bond acceptors (Lipinski definition) is 3. The topological polar surface area (TPSA) is 66.4 Å². The minimum atomic E-state index is -3.53. The largest absolute Gasteiger partial charge is 0.393 e. The highest BCUT2D eigenvalue weighted by atomic mass is 32.2. The van der Waals surface area contributed by atoms with E-state index in [1.165, 1.54) is 0 Å². The van der Waals surface area contributed by atoms with Gasteiger partial charge in [-0.15, -0.1) is 0 Å². The first kappa shape index (κ1) is 17.1. The van der Waals surface area contributed by atoms with Crippen molar-refractivity contribution < 1.29 is 13.5 Å². The molecule has 114 valence electrons. The second kappa shape index (κ2) is 6.70. The van der Waals surface area contributed by atoms with Crippen LogP contribution in [-0.2, 0) is 10.0 Å². The minimum absolute atomic E-state index is 0.253. The van der Waals surface area contributed by atoms with Crippen LogP contribution in [0.15, 0.2) is 11.0 Å². The summed E-state index contributed by atoms with van der Waals surface area (Å²) in [6.07, 6.45) is 0.598. The number of nitrogens with one attached hydrogen (secondary N) is 1. The fourth-order valence-corrected chi connectivity index (χ4v) is 3.88. The first-order valence-corrected chi connectivity index (χ1v) is 8.44. The van der Waals surface area contributed by atoms with Crippen LogP contribution in [0.25, 0.3) is 0 Å². The SMILES string of the molecule is CCC(O)CCNS(=O)(=O)c1c(C)c(C)cc(C)c1C. The molecule has 5 heteroatoms. The summed E-state index contributed by atoms with van der Waals surface area (Å²) in [7, 11) is -3.53. The molecule has 0 bridgehead atoms. The third-order valence-electron chi connectivity index (χ3n) is 3.81. The van der Waals surface area contributed by atoms with Crippen molar-refractivity contribution >= 4 is 10.0 Å². The number of aliphatic hydroxyl groups excluding tert-OH is 1. The Balaban J connectivity index is 3.04. The van der Waals surface area contributed by atoms with Crippen molar-refractivity contribution in [1.82, 2.24) is 4.72 Å². The number of rotatable bonds is 6. The quantitative estimate of drug-likeness (QED) is 0.847. The molecule has 0 aromatic heterocycles. The van der Waals surface area contributed by atoms with Crippen molar-refractivity contribution in [1.29, 1.82) is 0 Å². The van der Waals surface area contributed by atoms with E-state index in [9.17, 15) is 13.5 Å². The molecule has 1 aromatic carbocycles. The van der Waals surface area contributed by atoms with Crippen molar-refractivity contribution in [3.63, 3.8) is 0 Å². The van der Waals surface area contributed by atoms with E-state index in [1.807, 2.05) is 40.7 Å². The van der Waals surface area contributed by atoms with E-state index < -0.39 is 16.1 Å². The molecule has 0 aliphatic rings. The van der Waals surface area contributed by atoms with Crippen molar-refractivity contribution in [2.75, 3.05) is 6.54 Å². The van der Waals surface area contributed by atoms with Crippen molar-refractivity contribution in [3.05, 3.63) is 28.3 Å². The Morgan fingerprint density at radius 1 is 1.15 bits per heavy atom. The van der Waals surface area contributed by atoms with Gasteiger partial charge in [0.25, 0.3) is 0 Å². The summed E-state index contributed by atoms with van der Waals surface area (Å²) in [6, 6.07) is 2.00. The van der Waals surface area contributed by atoms with Gasteiger partial charge in [0.1, 0.15) is 0 Å². The molecule has 0 aliphatic heterocycles. The molecule has 0 amide bonds. The fraction of sp³-hybridized carbons (Fsp3) is 0.600. The zero-order chi connectivity index (χ0) is 15.5. The van der Waals surface area contributed by atoms with Crippen LogP contribution in [0.3, 0.4) is 0 Å². The van der Waals surface area contributed by atoms with Crippen LogP contribution >= 0.6 is 0 Å². The molecule has 0 heterocycles. The minimum Gasteiger partial charge on any atom is -0.393 e. The highest BCUT2D eigenvalue weighted by molar-refractivity contribution is 7.89. The maximum atomic E-state index is 12.5. The lowest BCUT2D eigenvalue weighted by Gasteiger charge is -2.16. The average molecular weight is 299 g/mol. The Hall–Kier alpha value is -0.910. The van der Waals surface area contributed by atoms with E-state index in [0.29, 0.717) is 17.7 Å². The number of sulfonamides is 1. The van der Waals surface area contributed by atoms with E-state index in [2.05, 4.69) is 4.72 Å². The molecular weight excluding hydrogens is 274 g/mol. The molecule has 0 aliphatic carbocycles. The molecule has 0 radical (unpaired) electrons. The summed E-state index contributed by atoms with van der Waals surface area (Å²) in [5, 5.41) is 9.49. The third-order valence-corrected chi connectivity index (χ3v) is 5.54. The Kier molecular flexibility index (Phi) is 5.74. The van der Waals surface area contributed by atoms with Gasteiger partial charge in [0.15, 0.2) is 0 Å². The summed E-state index contributed by atoms with van der Waals surface area (Å²) in [5.41, 5.74) is 3.53. The maximum absolute atomic E-state index is 12.5. The maximum Gasteiger partial charge on any atom is 0.241 e. The number of aliphatic hydroxyl groups is 1. The molecule has 20 heavy (non-hydrogen) atoms. The van der Waals surface area contributed by atoms with E-state index in [-0.39, 0.29) is 6.54 Å². The van der Waals surface area contributed by atoms with Gasteiger partial charge in [0, 0.05) is 6.54 Å². The van der Waals surface area contributed by atoms with Crippen LogP contribution in [0.1, 0.15) is 42.0 Å². The molecule has 0 saturated carbocycles. The zero-order valence-electron chi connectivity index (χ0n) is 12.9. The molecular formula is C15H25NO3S. The zero-order valence-corrected chi connectivity index (χ0v) is 13.8. The Morgan fingerprint density at radius 2 is 1.65 bits per heavy atom. The molecule has 1 aromatic rings. The molecule has 0 fully saturated rings. The van der Waals surface area contributed by atoms with E-state index >= 15 is 0 Å².